The fourth-order valence-corrected chi connectivity index (χ4v) is 6.76. The molecule has 1 heterocycles. The number of nitrogens with one attached hydrogen (secondary N) is 1. The van der Waals surface area contributed by atoms with Crippen LogP contribution in [0.25, 0.3) is 0 Å². The maximum absolute atomic E-state index is 13.0. The van der Waals surface area contributed by atoms with Gasteiger partial charge in [-0.25, -0.2) is 21.6 Å². The van der Waals surface area contributed by atoms with Crippen LogP contribution in [0, 0.1) is 5.41 Å². The summed E-state index contributed by atoms with van der Waals surface area (Å²) < 4.78 is 54.5. The van der Waals surface area contributed by atoms with Gasteiger partial charge in [0.25, 0.3) is 0 Å². The molecule has 0 saturated carbocycles. The molecule has 0 spiro atoms. The Kier molecular flexibility index (Phi) is 7.05. The highest BCUT2D eigenvalue weighted by Crippen LogP contribution is 2.29. The zero-order chi connectivity index (χ0) is 23.7. The zero-order valence-corrected chi connectivity index (χ0v) is 20.6. The molecule has 1 N–H and O–H groups in total. The number of hydrogen-bond donors (Lipinski definition) is 1. The fourth-order valence-electron chi connectivity index (χ4n) is 3.55. The molecule has 3 rings (SSSR count). The van der Waals surface area contributed by atoms with Crippen LogP contribution in [-0.4, -0.2) is 46.8 Å². The van der Waals surface area contributed by atoms with Crippen LogP contribution in [0.1, 0.15) is 33.6 Å². The highest BCUT2D eigenvalue weighted by molar-refractivity contribution is 7.91. The summed E-state index contributed by atoms with van der Waals surface area (Å²) >= 11 is 6.14. The third-order valence-electron chi connectivity index (χ3n) is 5.30. The van der Waals surface area contributed by atoms with E-state index in [1.165, 1.54) is 24.3 Å². The Hall–Kier alpha value is -1.94. The van der Waals surface area contributed by atoms with Gasteiger partial charge in [0.05, 0.1) is 14.8 Å². The topological polar surface area (TPSA) is 101 Å². The number of hydrogen-bond acceptors (Lipinski definition) is 5. The first kappa shape index (κ1) is 24.7. The maximum atomic E-state index is 13.0. The molecule has 0 atom stereocenters. The first-order valence-corrected chi connectivity index (χ1v) is 13.6. The van der Waals surface area contributed by atoms with Crippen LogP contribution in [0.5, 0.6) is 0 Å². The van der Waals surface area contributed by atoms with E-state index < -0.39 is 25.3 Å². The van der Waals surface area contributed by atoms with Crippen LogP contribution in [0.15, 0.2) is 63.2 Å². The van der Waals surface area contributed by atoms with Crippen LogP contribution in [-0.2, 0) is 24.7 Å². The zero-order valence-electron chi connectivity index (χ0n) is 18.2. The molecule has 2 aromatic rings. The summed E-state index contributed by atoms with van der Waals surface area (Å²) in [6.45, 7) is 6.44. The Balaban J connectivity index is 1.80. The van der Waals surface area contributed by atoms with Gasteiger partial charge in [-0.2, -0.15) is 0 Å². The Labute approximate surface area is 194 Å². The average Bonchev–Trinajstić information content (AvgIpc) is 2.73. The smallest absolute Gasteiger partial charge is 0.242 e. The monoisotopic (exact) mass is 498 g/mol. The lowest BCUT2D eigenvalue weighted by molar-refractivity contribution is -0.140. The van der Waals surface area contributed by atoms with Crippen molar-refractivity contribution < 1.29 is 21.6 Å². The maximum Gasteiger partial charge on any atom is 0.242 e. The van der Waals surface area contributed by atoms with Crippen molar-refractivity contribution in [1.82, 2.24) is 9.62 Å². The molecule has 1 saturated heterocycles. The number of carbonyl (C=O) groups is 1. The van der Waals surface area contributed by atoms with Gasteiger partial charge >= 0.3 is 0 Å². The van der Waals surface area contributed by atoms with Crippen molar-refractivity contribution in [3.05, 3.63) is 53.6 Å². The normalized spacial score (nSPS) is 16.2. The number of sulfonamides is 1. The Morgan fingerprint density at radius 2 is 1.56 bits per heavy atom. The molecule has 2 aromatic carbocycles. The summed E-state index contributed by atoms with van der Waals surface area (Å²) in [5.74, 6) is 0.0284. The van der Waals surface area contributed by atoms with Gasteiger partial charge in [0.15, 0.2) is 0 Å². The highest BCUT2D eigenvalue weighted by Gasteiger charge is 2.32. The van der Waals surface area contributed by atoms with Gasteiger partial charge in [-0.15, -0.1) is 0 Å². The first-order chi connectivity index (χ1) is 14.8. The van der Waals surface area contributed by atoms with Crippen molar-refractivity contribution in [2.24, 2.45) is 5.41 Å². The molecule has 0 aliphatic carbocycles. The molecular weight excluding hydrogens is 472 g/mol. The molecule has 0 bridgehead atoms. The molecule has 10 heteroatoms. The van der Waals surface area contributed by atoms with Crippen molar-refractivity contribution in [2.75, 3.05) is 13.1 Å². The summed E-state index contributed by atoms with van der Waals surface area (Å²) in [6.07, 6.45) is 0.918. The third-order valence-corrected chi connectivity index (χ3v) is 9.07. The van der Waals surface area contributed by atoms with Crippen molar-refractivity contribution in [2.45, 2.75) is 54.3 Å². The minimum atomic E-state index is -4.07. The van der Waals surface area contributed by atoms with Gasteiger partial charge in [0, 0.05) is 24.5 Å². The Bertz CT molecular complexity index is 1200. The molecule has 32 heavy (non-hydrogen) atoms. The van der Waals surface area contributed by atoms with Gasteiger partial charge in [-0.3, -0.25) is 4.79 Å². The summed E-state index contributed by atoms with van der Waals surface area (Å²) in [5, 5.41) is -0.0649. The summed E-state index contributed by atoms with van der Waals surface area (Å²) in [4.78, 5) is 13.8. The quantitative estimate of drug-likeness (QED) is 0.680. The van der Waals surface area contributed by atoms with Crippen LogP contribution in [0.2, 0.25) is 5.02 Å². The molecule has 0 aromatic heterocycles. The third kappa shape index (κ3) is 5.33. The van der Waals surface area contributed by atoms with E-state index in [1.54, 1.807) is 23.1 Å². The van der Waals surface area contributed by atoms with Crippen LogP contribution in [0.3, 0.4) is 0 Å². The molecule has 7 nitrogen and oxygen atoms in total. The summed E-state index contributed by atoms with van der Waals surface area (Å²) in [7, 11) is -7.97. The van der Waals surface area contributed by atoms with Crippen LogP contribution in [0.4, 0.5) is 0 Å². The molecule has 0 radical (unpaired) electrons. The van der Waals surface area contributed by atoms with Crippen LogP contribution >= 0.6 is 11.6 Å². The second-order valence-electron chi connectivity index (χ2n) is 8.85. The SMILES string of the molecule is CC(C)(C)C(=O)N1CCC(NS(=O)(=O)c2cc(S(=O)(=O)c3ccccc3)ccc2Cl)CC1. The summed E-state index contributed by atoms with van der Waals surface area (Å²) in [6, 6.07) is 11.1. The number of halogens is 1. The second kappa shape index (κ2) is 9.13. The molecule has 1 fully saturated rings. The van der Waals surface area contributed by atoms with Gasteiger partial charge in [0.2, 0.25) is 25.8 Å². The molecule has 1 aliphatic heterocycles. The molecule has 0 unspecified atom stereocenters. The van der Waals surface area contributed by atoms with E-state index in [0.717, 1.165) is 6.07 Å². The van der Waals surface area contributed by atoms with E-state index in [9.17, 15) is 21.6 Å². The number of piperidine rings is 1. The number of nitrogens with zero attached hydrogens (tertiary/aromatic N) is 1. The number of rotatable bonds is 5. The number of carbonyl (C=O) groups excluding carboxylic acids is 1. The largest absolute Gasteiger partial charge is 0.342 e. The molecule has 1 amide bonds. The Morgan fingerprint density at radius 1 is 0.969 bits per heavy atom. The predicted octanol–water partition coefficient (Wildman–Crippen LogP) is 3.49. The van der Waals surface area contributed by atoms with E-state index in [1.807, 2.05) is 20.8 Å². The van der Waals surface area contributed by atoms with Crippen molar-refractivity contribution >= 4 is 37.4 Å². The fraction of sp³-hybridized carbons (Fsp3) is 0.409. The number of benzene rings is 2. The second-order valence-corrected chi connectivity index (χ2v) is 12.9. The molecule has 174 valence electrons. The van der Waals surface area contributed by atoms with E-state index in [0.29, 0.717) is 25.9 Å². The van der Waals surface area contributed by atoms with E-state index in [4.69, 9.17) is 11.6 Å². The van der Waals surface area contributed by atoms with Gasteiger partial charge in [-0.1, -0.05) is 50.6 Å². The Morgan fingerprint density at radius 3 is 2.12 bits per heavy atom. The molecular formula is C22H27ClN2O5S2. The van der Waals surface area contributed by atoms with E-state index in [-0.39, 0.29) is 31.7 Å². The highest BCUT2D eigenvalue weighted by atomic mass is 35.5. The standard InChI is InChI=1S/C22H27ClN2O5S2/c1-22(2,3)21(26)25-13-11-16(12-14-25)24-32(29,30)20-15-18(9-10-19(20)23)31(27,28)17-7-5-4-6-8-17/h4-10,15-16,24H,11-14H2,1-3H3. The lowest BCUT2D eigenvalue weighted by atomic mass is 9.93. The minimum absolute atomic E-state index is 0.0284. The van der Waals surface area contributed by atoms with Gasteiger partial charge in [-0.05, 0) is 43.2 Å². The van der Waals surface area contributed by atoms with Crippen LogP contribution < -0.4 is 4.72 Å². The van der Waals surface area contributed by atoms with Gasteiger partial charge < -0.3 is 4.90 Å². The summed E-state index contributed by atoms with van der Waals surface area (Å²) in [5.41, 5.74) is -0.495. The lowest BCUT2D eigenvalue weighted by Crippen LogP contribution is -2.49. The number of likely N-dealkylation sites (tertiary alicyclic amines) is 1. The predicted molar refractivity (Wildman–Crippen MR) is 123 cm³/mol. The van der Waals surface area contributed by atoms with Crippen molar-refractivity contribution in [1.29, 1.82) is 0 Å². The first-order valence-electron chi connectivity index (χ1n) is 10.2. The lowest BCUT2D eigenvalue weighted by Gasteiger charge is -2.35. The molecule has 1 aliphatic rings. The van der Waals surface area contributed by atoms with E-state index in [2.05, 4.69) is 4.72 Å². The number of sulfone groups is 1. The average molecular weight is 499 g/mol. The van der Waals surface area contributed by atoms with Crippen molar-refractivity contribution in [3.8, 4) is 0 Å². The van der Waals surface area contributed by atoms with Crippen molar-refractivity contribution in [3.63, 3.8) is 0 Å². The number of amides is 1. The van der Waals surface area contributed by atoms with Gasteiger partial charge in [0.1, 0.15) is 4.90 Å². The minimum Gasteiger partial charge on any atom is -0.342 e. The van der Waals surface area contributed by atoms with E-state index >= 15 is 0 Å².